The minimum absolute atomic E-state index is 0.0987. The van der Waals surface area contributed by atoms with Crippen molar-refractivity contribution in [2.24, 2.45) is 5.92 Å². The Labute approximate surface area is 79.8 Å². The molecule has 1 fully saturated rings. The molecule has 1 N–H and O–H groups in total. The van der Waals surface area contributed by atoms with Crippen molar-refractivity contribution in [1.82, 2.24) is 5.32 Å². The molecule has 0 aromatic rings. The second-order valence-electron chi connectivity index (χ2n) is 3.57. The van der Waals surface area contributed by atoms with Crippen LogP contribution in [-0.4, -0.2) is 19.2 Å². The van der Waals surface area contributed by atoms with Gasteiger partial charge in [-0.3, -0.25) is 4.79 Å². The molecule has 1 saturated carbocycles. The molecule has 3 heteroatoms. The standard InChI is InChI=1S/C10H18NO2/c1-8(13-2)11-10(12)9-6-4-3-5-7-9/h8-9H,1,3-7H2,2H3,(H,11,12). The zero-order valence-electron chi connectivity index (χ0n) is 8.21. The van der Waals surface area contributed by atoms with Crippen molar-refractivity contribution in [3.63, 3.8) is 0 Å². The van der Waals surface area contributed by atoms with Crippen LogP contribution in [0.1, 0.15) is 32.1 Å². The van der Waals surface area contributed by atoms with Gasteiger partial charge < -0.3 is 10.1 Å². The third kappa shape index (κ3) is 3.35. The summed E-state index contributed by atoms with van der Waals surface area (Å²) in [5, 5.41) is 2.73. The Morgan fingerprint density at radius 2 is 2.08 bits per heavy atom. The molecule has 0 aromatic heterocycles. The Morgan fingerprint density at radius 3 is 2.62 bits per heavy atom. The molecular weight excluding hydrogens is 166 g/mol. The van der Waals surface area contributed by atoms with E-state index in [1.54, 1.807) is 7.11 Å². The van der Waals surface area contributed by atoms with Gasteiger partial charge in [-0.25, -0.2) is 0 Å². The molecule has 0 aromatic carbocycles. The summed E-state index contributed by atoms with van der Waals surface area (Å²) in [5.74, 6) is 0.287. The highest BCUT2D eigenvalue weighted by Gasteiger charge is 2.21. The van der Waals surface area contributed by atoms with Gasteiger partial charge in [-0.1, -0.05) is 19.3 Å². The van der Waals surface area contributed by atoms with Crippen LogP contribution in [0, 0.1) is 12.8 Å². The largest absolute Gasteiger partial charge is 0.362 e. The van der Waals surface area contributed by atoms with Crippen molar-refractivity contribution in [2.45, 2.75) is 38.3 Å². The fourth-order valence-electron chi connectivity index (χ4n) is 1.70. The van der Waals surface area contributed by atoms with Crippen molar-refractivity contribution in [3.8, 4) is 0 Å². The van der Waals surface area contributed by atoms with E-state index in [0.717, 1.165) is 12.8 Å². The summed E-state index contributed by atoms with van der Waals surface area (Å²) in [6, 6.07) is 0. The van der Waals surface area contributed by atoms with Gasteiger partial charge in [-0.05, 0) is 19.8 Å². The van der Waals surface area contributed by atoms with Gasteiger partial charge in [0.25, 0.3) is 0 Å². The summed E-state index contributed by atoms with van der Waals surface area (Å²) in [6.07, 6.45) is 5.24. The average Bonchev–Trinajstić information content (AvgIpc) is 2.19. The molecule has 3 nitrogen and oxygen atoms in total. The molecule has 1 atom stereocenters. The highest BCUT2D eigenvalue weighted by atomic mass is 16.5. The van der Waals surface area contributed by atoms with E-state index in [0.29, 0.717) is 0 Å². The van der Waals surface area contributed by atoms with Crippen molar-refractivity contribution in [2.75, 3.05) is 7.11 Å². The van der Waals surface area contributed by atoms with Crippen LogP contribution >= 0.6 is 0 Å². The van der Waals surface area contributed by atoms with E-state index in [1.165, 1.54) is 19.3 Å². The van der Waals surface area contributed by atoms with Gasteiger partial charge in [0.1, 0.15) is 6.23 Å². The molecule has 75 valence electrons. The fourth-order valence-corrected chi connectivity index (χ4v) is 1.70. The maximum absolute atomic E-state index is 11.5. The first-order chi connectivity index (χ1) is 6.24. The number of methoxy groups -OCH3 is 1. The van der Waals surface area contributed by atoms with Crippen LogP contribution in [-0.2, 0) is 9.53 Å². The lowest BCUT2D eigenvalue weighted by Gasteiger charge is -2.22. The number of carbonyl (C=O) groups excluding carboxylic acids is 1. The van der Waals surface area contributed by atoms with Crippen LogP contribution in [0.5, 0.6) is 0 Å². The minimum atomic E-state index is -0.408. The number of hydrogen-bond acceptors (Lipinski definition) is 2. The molecule has 0 bridgehead atoms. The fraction of sp³-hybridized carbons (Fsp3) is 0.800. The first kappa shape index (κ1) is 10.5. The molecule has 1 rings (SSSR count). The van der Waals surface area contributed by atoms with Gasteiger partial charge in [-0.15, -0.1) is 0 Å². The van der Waals surface area contributed by atoms with Crippen molar-refractivity contribution in [3.05, 3.63) is 6.92 Å². The molecule has 0 saturated heterocycles. The average molecular weight is 184 g/mol. The van der Waals surface area contributed by atoms with Crippen molar-refractivity contribution >= 4 is 5.91 Å². The number of ether oxygens (including phenoxy) is 1. The van der Waals surface area contributed by atoms with Crippen molar-refractivity contribution in [1.29, 1.82) is 0 Å². The number of amides is 1. The van der Waals surface area contributed by atoms with Gasteiger partial charge in [0.2, 0.25) is 5.91 Å². The van der Waals surface area contributed by atoms with Gasteiger partial charge in [0, 0.05) is 13.0 Å². The predicted molar refractivity (Wildman–Crippen MR) is 50.9 cm³/mol. The summed E-state index contributed by atoms with van der Waals surface area (Å²) in [4.78, 5) is 11.5. The first-order valence-corrected chi connectivity index (χ1v) is 4.90. The third-order valence-electron chi connectivity index (χ3n) is 2.56. The van der Waals surface area contributed by atoms with Gasteiger partial charge >= 0.3 is 0 Å². The molecule has 1 aliphatic rings. The number of nitrogens with one attached hydrogen (secondary N) is 1. The van der Waals surface area contributed by atoms with Crippen LogP contribution in [0.3, 0.4) is 0 Å². The van der Waals surface area contributed by atoms with Gasteiger partial charge in [-0.2, -0.15) is 0 Å². The lowest BCUT2D eigenvalue weighted by molar-refractivity contribution is -0.128. The highest BCUT2D eigenvalue weighted by molar-refractivity contribution is 5.78. The van der Waals surface area contributed by atoms with E-state index >= 15 is 0 Å². The minimum Gasteiger partial charge on any atom is -0.362 e. The van der Waals surface area contributed by atoms with Gasteiger partial charge in [0.05, 0.1) is 0 Å². The Balaban J connectivity index is 2.29. The zero-order valence-corrected chi connectivity index (χ0v) is 8.21. The summed E-state index contributed by atoms with van der Waals surface area (Å²) in [5.41, 5.74) is 0. The number of hydrogen-bond donors (Lipinski definition) is 1. The van der Waals surface area contributed by atoms with Gasteiger partial charge in [0.15, 0.2) is 0 Å². The smallest absolute Gasteiger partial charge is 0.225 e. The molecule has 13 heavy (non-hydrogen) atoms. The topological polar surface area (TPSA) is 38.3 Å². The normalized spacial score (nSPS) is 21.1. The lowest BCUT2D eigenvalue weighted by atomic mass is 9.89. The Morgan fingerprint density at radius 1 is 1.46 bits per heavy atom. The zero-order chi connectivity index (χ0) is 9.68. The number of carbonyl (C=O) groups is 1. The van der Waals surface area contributed by atoms with E-state index < -0.39 is 6.23 Å². The maximum atomic E-state index is 11.5. The van der Waals surface area contributed by atoms with Crippen LogP contribution in [0.4, 0.5) is 0 Å². The van der Waals surface area contributed by atoms with E-state index in [2.05, 4.69) is 12.2 Å². The lowest BCUT2D eigenvalue weighted by Crippen LogP contribution is -2.39. The third-order valence-corrected chi connectivity index (χ3v) is 2.56. The van der Waals surface area contributed by atoms with E-state index in [9.17, 15) is 4.79 Å². The highest BCUT2D eigenvalue weighted by Crippen LogP contribution is 2.23. The Bertz CT molecular complexity index is 164. The molecular formula is C10H18NO2. The summed E-state index contributed by atoms with van der Waals surface area (Å²) in [6.45, 7) is 3.64. The van der Waals surface area contributed by atoms with E-state index in [4.69, 9.17) is 4.74 Å². The molecule has 0 aliphatic heterocycles. The summed E-state index contributed by atoms with van der Waals surface area (Å²) >= 11 is 0. The molecule has 0 heterocycles. The van der Waals surface area contributed by atoms with Crippen LogP contribution < -0.4 is 5.32 Å². The summed E-state index contributed by atoms with van der Waals surface area (Å²) < 4.78 is 4.87. The Hall–Kier alpha value is -0.570. The van der Waals surface area contributed by atoms with Crippen LogP contribution in [0.2, 0.25) is 0 Å². The summed E-state index contributed by atoms with van der Waals surface area (Å²) in [7, 11) is 1.54. The van der Waals surface area contributed by atoms with Crippen LogP contribution in [0.15, 0.2) is 0 Å². The first-order valence-electron chi connectivity index (χ1n) is 4.90. The second kappa shape index (κ2) is 5.22. The second-order valence-corrected chi connectivity index (χ2v) is 3.57. The molecule has 0 spiro atoms. The SMILES string of the molecule is [CH2]C(NC(=O)C1CCCCC1)OC. The maximum Gasteiger partial charge on any atom is 0.225 e. The molecule has 1 amide bonds. The van der Waals surface area contributed by atoms with E-state index in [-0.39, 0.29) is 11.8 Å². The predicted octanol–water partition coefficient (Wildman–Crippen LogP) is 1.49. The van der Waals surface area contributed by atoms with Crippen LogP contribution in [0.25, 0.3) is 0 Å². The van der Waals surface area contributed by atoms with E-state index in [1.807, 2.05) is 0 Å². The molecule has 1 radical (unpaired) electrons. The molecule has 1 unspecified atom stereocenters. The Kier molecular flexibility index (Phi) is 4.22. The molecule has 1 aliphatic carbocycles. The number of rotatable bonds is 3. The monoisotopic (exact) mass is 184 g/mol. The quantitative estimate of drug-likeness (QED) is 0.675. The van der Waals surface area contributed by atoms with Crippen molar-refractivity contribution < 1.29 is 9.53 Å².